The van der Waals surface area contributed by atoms with Crippen molar-refractivity contribution < 1.29 is 4.79 Å². The third-order valence-electron chi connectivity index (χ3n) is 5.04. The van der Waals surface area contributed by atoms with Crippen molar-refractivity contribution in [3.05, 3.63) is 65.1 Å². The number of hydrogen-bond acceptors (Lipinski definition) is 5. The highest BCUT2D eigenvalue weighted by molar-refractivity contribution is 6.04. The van der Waals surface area contributed by atoms with Crippen LogP contribution in [0.5, 0.6) is 0 Å². The van der Waals surface area contributed by atoms with E-state index < -0.39 is 0 Å². The van der Waals surface area contributed by atoms with E-state index in [0.717, 1.165) is 25.0 Å². The molecular formula is C21H24N6O. The highest BCUT2D eigenvalue weighted by atomic mass is 16.1. The van der Waals surface area contributed by atoms with Gasteiger partial charge in [-0.15, -0.1) is 0 Å². The third kappa shape index (κ3) is 3.66. The second kappa shape index (κ2) is 7.52. The second-order valence-electron chi connectivity index (χ2n) is 7.51. The molecule has 0 radical (unpaired) electrons. The second-order valence-corrected chi connectivity index (χ2v) is 7.51. The molecule has 3 aromatic rings. The van der Waals surface area contributed by atoms with Crippen molar-refractivity contribution in [2.75, 3.05) is 5.32 Å². The van der Waals surface area contributed by atoms with E-state index in [-0.39, 0.29) is 17.9 Å². The highest BCUT2D eigenvalue weighted by Crippen LogP contribution is 2.24. The molecule has 2 heterocycles. The van der Waals surface area contributed by atoms with Crippen LogP contribution in [0.3, 0.4) is 0 Å². The Balaban J connectivity index is 1.63. The van der Waals surface area contributed by atoms with Gasteiger partial charge in [-0.05, 0) is 54.5 Å². The average molecular weight is 376 g/mol. The van der Waals surface area contributed by atoms with E-state index >= 15 is 0 Å². The minimum absolute atomic E-state index is 0.176. The molecule has 1 atom stereocenters. The molecule has 7 heteroatoms. The Kier molecular flexibility index (Phi) is 4.92. The van der Waals surface area contributed by atoms with Gasteiger partial charge in [-0.1, -0.05) is 19.9 Å². The van der Waals surface area contributed by atoms with Crippen LogP contribution in [0.15, 0.2) is 42.7 Å². The number of hydrogen-bond donors (Lipinski definition) is 2. The smallest absolute Gasteiger partial charge is 0.256 e. The van der Waals surface area contributed by atoms with Gasteiger partial charge >= 0.3 is 0 Å². The number of aryl methyl sites for hydroxylation is 1. The van der Waals surface area contributed by atoms with Gasteiger partial charge < -0.3 is 11.1 Å². The fraction of sp³-hybridized carbons (Fsp3) is 0.333. The Morgan fingerprint density at radius 2 is 2.00 bits per heavy atom. The van der Waals surface area contributed by atoms with Crippen LogP contribution in [0.1, 0.15) is 53.4 Å². The summed E-state index contributed by atoms with van der Waals surface area (Å²) in [6, 6.07) is 9.67. The summed E-state index contributed by atoms with van der Waals surface area (Å²) >= 11 is 0. The first-order chi connectivity index (χ1) is 13.5. The summed E-state index contributed by atoms with van der Waals surface area (Å²) in [4.78, 5) is 21.4. The Morgan fingerprint density at radius 3 is 2.75 bits per heavy atom. The van der Waals surface area contributed by atoms with Gasteiger partial charge in [0.15, 0.2) is 0 Å². The maximum absolute atomic E-state index is 12.9. The lowest BCUT2D eigenvalue weighted by molar-refractivity contribution is 0.102. The van der Waals surface area contributed by atoms with Gasteiger partial charge in [0.2, 0.25) is 0 Å². The van der Waals surface area contributed by atoms with Crippen molar-refractivity contribution in [3.63, 3.8) is 0 Å². The van der Waals surface area contributed by atoms with Crippen LogP contribution in [0.4, 0.5) is 5.82 Å². The third-order valence-corrected chi connectivity index (χ3v) is 5.04. The quantitative estimate of drug-likeness (QED) is 0.729. The maximum Gasteiger partial charge on any atom is 0.256 e. The maximum atomic E-state index is 12.9. The number of nitrogens with zero attached hydrogens (tertiary/aromatic N) is 4. The van der Waals surface area contributed by atoms with E-state index in [1.54, 1.807) is 23.1 Å². The van der Waals surface area contributed by atoms with E-state index in [0.29, 0.717) is 17.3 Å². The van der Waals surface area contributed by atoms with E-state index in [2.05, 4.69) is 34.2 Å². The molecular weight excluding hydrogens is 352 g/mol. The van der Waals surface area contributed by atoms with Crippen molar-refractivity contribution in [1.82, 2.24) is 19.7 Å². The molecule has 4 rings (SSSR count). The Hall–Kier alpha value is -3.06. The largest absolute Gasteiger partial charge is 0.327 e. The number of anilines is 1. The van der Waals surface area contributed by atoms with Gasteiger partial charge in [0.05, 0.1) is 5.69 Å². The first kappa shape index (κ1) is 18.3. The highest BCUT2D eigenvalue weighted by Gasteiger charge is 2.19. The summed E-state index contributed by atoms with van der Waals surface area (Å²) in [5, 5.41) is 7.54. The number of fused-ring (bicyclic) bond motifs is 1. The van der Waals surface area contributed by atoms with Crippen LogP contribution in [0, 0.1) is 0 Å². The average Bonchev–Trinajstić information content (AvgIpc) is 3.12. The number of nitrogens with two attached hydrogens (primary N) is 1. The summed E-state index contributed by atoms with van der Waals surface area (Å²) in [5.41, 5.74) is 9.98. The van der Waals surface area contributed by atoms with Crippen molar-refractivity contribution in [2.45, 2.75) is 45.1 Å². The van der Waals surface area contributed by atoms with Crippen molar-refractivity contribution in [2.24, 2.45) is 5.73 Å². The van der Waals surface area contributed by atoms with Crippen LogP contribution in [-0.2, 0) is 12.8 Å². The molecule has 0 saturated carbocycles. The van der Waals surface area contributed by atoms with Crippen LogP contribution < -0.4 is 11.1 Å². The molecule has 0 bridgehead atoms. The van der Waals surface area contributed by atoms with E-state index in [1.165, 1.54) is 11.1 Å². The molecule has 28 heavy (non-hydrogen) atoms. The Morgan fingerprint density at radius 1 is 1.21 bits per heavy atom. The summed E-state index contributed by atoms with van der Waals surface area (Å²) in [7, 11) is 0. The molecule has 144 valence electrons. The summed E-state index contributed by atoms with van der Waals surface area (Å²) in [6.45, 7) is 4.11. The zero-order chi connectivity index (χ0) is 19.7. The van der Waals surface area contributed by atoms with Crippen molar-refractivity contribution >= 4 is 11.7 Å². The van der Waals surface area contributed by atoms with Crippen LogP contribution >= 0.6 is 0 Å². The molecule has 1 aliphatic rings. The minimum atomic E-state index is -0.176. The SMILES string of the molecule is CC(C)c1cc(NC(=O)c2ccc3c(c2)CCC(N)C3)n(-c2ncccn2)n1. The fourth-order valence-corrected chi connectivity index (χ4v) is 3.44. The number of benzene rings is 1. The predicted octanol–water partition coefficient (Wildman–Crippen LogP) is 2.85. The zero-order valence-electron chi connectivity index (χ0n) is 16.1. The first-order valence-corrected chi connectivity index (χ1v) is 9.57. The molecule has 1 aliphatic carbocycles. The fourth-order valence-electron chi connectivity index (χ4n) is 3.44. The standard InChI is InChI=1S/C21H24N6O/c1-13(2)18-12-19(27(26-18)21-23-8-3-9-24-21)25-20(28)16-5-4-15-11-17(22)7-6-14(15)10-16/h3-5,8-10,12-13,17H,6-7,11,22H2,1-2H3,(H,25,28). The molecule has 0 fully saturated rings. The van der Waals surface area contributed by atoms with Crippen LogP contribution in [0.25, 0.3) is 5.95 Å². The predicted molar refractivity (Wildman–Crippen MR) is 108 cm³/mol. The normalized spacial score (nSPS) is 16.1. The molecule has 1 unspecified atom stereocenters. The summed E-state index contributed by atoms with van der Waals surface area (Å²) < 4.78 is 1.57. The van der Waals surface area contributed by atoms with Crippen molar-refractivity contribution in [3.8, 4) is 5.95 Å². The lowest BCUT2D eigenvalue weighted by Gasteiger charge is -2.21. The number of aromatic nitrogens is 4. The van der Waals surface area contributed by atoms with Crippen molar-refractivity contribution in [1.29, 1.82) is 0 Å². The Bertz CT molecular complexity index is 995. The molecule has 0 spiro atoms. The summed E-state index contributed by atoms with van der Waals surface area (Å²) in [5.74, 6) is 1.02. The lowest BCUT2D eigenvalue weighted by Crippen LogP contribution is -2.28. The van der Waals surface area contributed by atoms with Gasteiger partial charge in [-0.25, -0.2) is 9.97 Å². The van der Waals surface area contributed by atoms with Gasteiger partial charge in [0.25, 0.3) is 11.9 Å². The summed E-state index contributed by atoms with van der Waals surface area (Å²) in [6.07, 6.45) is 6.03. The lowest BCUT2D eigenvalue weighted by atomic mass is 9.87. The zero-order valence-corrected chi connectivity index (χ0v) is 16.1. The molecule has 7 nitrogen and oxygen atoms in total. The monoisotopic (exact) mass is 376 g/mol. The topological polar surface area (TPSA) is 98.7 Å². The van der Waals surface area contributed by atoms with Gasteiger partial charge in [0.1, 0.15) is 5.82 Å². The van der Waals surface area contributed by atoms with Crippen LogP contribution in [0.2, 0.25) is 0 Å². The van der Waals surface area contributed by atoms with E-state index in [1.807, 2.05) is 24.3 Å². The Labute approximate surface area is 164 Å². The van der Waals surface area contributed by atoms with Gasteiger partial charge in [-0.2, -0.15) is 9.78 Å². The number of nitrogens with one attached hydrogen (secondary N) is 1. The van der Waals surface area contributed by atoms with E-state index in [4.69, 9.17) is 5.73 Å². The number of rotatable bonds is 4. The first-order valence-electron chi connectivity index (χ1n) is 9.57. The number of carbonyl (C=O) groups excluding carboxylic acids is 1. The molecule has 0 saturated heterocycles. The molecule has 1 aromatic carbocycles. The molecule has 1 amide bonds. The molecule has 3 N–H and O–H groups in total. The number of carbonyl (C=O) groups is 1. The molecule has 0 aliphatic heterocycles. The number of amides is 1. The van der Waals surface area contributed by atoms with E-state index in [9.17, 15) is 4.79 Å². The van der Waals surface area contributed by atoms with Gasteiger partial charge in [-0.3, -0.25) is 4.79 Å². The molecule has 2 aromatic heterocycles. The van der Waals surface area contributed by atoms with Gasteiger partial charge in [0, 0.05) is 30.1 Å². The van der Waals surface area contributed by atoms with Crippen LogP contribution in [-0.4, -0.2) is 31.7 Å². The minimum Gasteiger partial charge on any atom is -0.327 e.